The lowest BCUT2D eigenvalue weighted by molar-refractivity contribution is -0.148. The number of benzene rings is 1. The van der Waals surface area contributed by atoms with Crippen molar-refractivity contribution in [3.8, 4) is 0 Å². The molecule has 1 saturated carbocycles. The van der Waals surface area contributed by atoms with E-state index in [0.29, 0.717) is 11.6 Å². The Bertz CT molecular complexity index is 898. The van der Waals surface area contributed by atoms with Gasteiger partial charge in [0, 0.05) is 36.8 Å². The molecule has 0 unspecified atom stereocenters. The highest BCUT2D eigenvalue weighted by Crippen LogP contribution is 2.40. The van der Waals surface area contributed by atoms with E-state index in [1.54, 1.807) is 0 Å². The molecule has 0 N–H and O–H groups in total. The summed E-state index contributed by atoms with van der Waals surface area (Å²) in [6.07, 6.45) is 8.64. The largest absolute Gasteiger partial charge is 0.457 e. The molecule has 0 aromatic heterocycles. The second-order valence-electron chi connectivity index (χ2n) is 11.4. The molecule has 3 aliphatic rings. The zero-order chi connectivity index (χ0) is 23.8. The Balaban J connectivity index is 1.44. The first-order chi connectivity index (χ1) is 15.6. The van der Waals surface area contributed by atoms with Crippen LogP contribution in [0.25, 0.3) is 5.57 Å². The molecule has 1 aromatic carbocycles. The van der Waals surface area contributed by atoms with Gasteiger partial charge in [-0.15, -0.1) is 0 Å². The zero-order valence-electron chi connectivity index (χ0n) is 21.0. The first kappa shape index (κ1) is 24.0. The van der Waals surface area contributed by atoms with Gasteiger partial charge in [-0.3, -0.25) is 4.79 Å². The van der Waals surface area contributed by atoms with E-state index in [0.717, 1.165) is 49.0 Å². The van der Waals surface area contributed by atoms with Crippen LogP contribution in [-0.2, 0) is 14.3 Å². The van der Waals surface area contributed by atoms with Crippen LogP contribution in [-0.4, -0.2) is 47.6 Å². The lowest BCUT2D eigenvalue weighted by Crippen LogP contribution is -2.49. The molecule has 4 rings (SSSR count). The predicted molar refractivity (Wildman–Crippen MR) is 133 cm³/mol. The number of rotatable bonds is 4. The number of ether oxygens (including phenoxy) is 1. The summed E-state index contributed by atoms with van der Waals surface area (Å²) < 4.78 is 5.45. The van der Waals surface area contributed by atoms with Crippen LogP contribution in [0.15, 0.2) is 30.3 Å². The van der Waals surface area contributed by atoms with Crippen molar-refractivity contribution in [1.29, 1.82) is 0 Å². The third-order valence-corrected chi connectivity index (χ3v) is 7.64. The van der Waals surface area contributed by atoms with Crippen LogP contribution >= 0.6 is 0 Å². The molecule has 2 heterocycles. The minimum absolute atomic E-state index is 0.0713. The van der Waals surface area contributed by atoms with Gasteiger partial charge in [0.05, 0.1) is 11.3 Å². The second-order valence-corrected chi connectivity index (χ2v) is 11.4. The fraction of sp³-hybridized carbons (Fsp3) is 0.643. The molecule has 1 aliphatic carbocycles. The van der Waals surface area contributed by atoms with Crippen molar-refractivity contribution >= 4 is 23.1 Å². The SMILES string of the molecule is CC(C)[C@H]1CC[C@@H](N2CCC(N3C(=O)C(=CC(=O)OC(C)(C)C)c4ccccc43)CC2)CC1. The number of amides is 1. The Labute approximate surface area is 199 Å². The highest BCUT2D eigenvalue weighted by atomic mass is 16.6. The van der Waals surface area contributed by atoms with Gasteiger partial charge < -0.3 is 14.5 Å². The molecule has 2 aliphatic heterocycles. The van der Waals surface area contributed by atoms with Crippen molar-refractivity contribution in [2.75, 3.05) is 18.0 Å². The second kappa shape index (κ2) is 9.61. The quantitative estimate of drug-likeness (QED) is 0.451. The zero-order valence-corrected chi connectivity index (χ0v) is 21.0. The van der Waals surface area contributed by atoms with Gasteiger partial charge >= 0.3 is 5.97 Å². The van der Waals surface area contributed by atoms with Crippen molar-refractivity contribution in [2.45, 2.75) is 90.8 Å². The smallest absolute Gasteiger partial charge is 0.332 e. The van der Waals surface area contributed by atoms with Crippen LogP contribution in [0.2, 0.25) is 0 Å². The van der Waals surface area contributed by atoms with E-state index in [9.17, 15) is 9.59 Å². The standard InChI is InChI=1S/C28H40N2O3/c1-19(2)20-10-12-21(13-11-20)29-16-14-22(15-17-29)30-25-9-7-6-8-23(25)24(27(30)32)18-26(31)33-28(3,4)5/h6-9,18-22H,10-17H2,1-5H3/t20-,21+. The molecule has 5 heteroatoms. The van der Waals surface area contributed by atoms with E-state index in [-0.39, 0.29) is 11.9 Å². The summed E-state index contributed by atoms with van der Waals surface area (Å²) in [5, 5.41) is 0. The third-order valence-electron chi connectivity index (χ3n) is 7.64. The monoisotopic (exact) mass is 452 g/mol. The summed E-state index contributed by atoms with van der Waals surface area (Å²) in [7, 11) is 0. The number of anilines is 1. The lowest BCUT2D eigenvalue weighted by atomic mass is 9.79. The number of fused-ring (bicyclic) bond motifs is 1. The summed E-state index contributed by atoms with van der Waals surface area (Å²) >= 11 is 0. The van der Waals surface area contributed by atoms with Crippen LogP contribution in [0.4, 0.5) is 5.69 Å². The van der Waals surface area contributed by atoms with Crippen molar-refractivity contribution in [3.63, 3.8) is 0 Å². The molecule has 2 fully saturated rings. The van der Waals surface area contributed by atoms with Crippen molar-refractivity contribution in [1.82, 2.24) is 4.90 Å². The average molecular weight is 453 g/mol. The molecule has 33 heavy (non-hydrogen) atoms. The summed E-state index contributed by atoms with van der Waals surface area (Å²) in [4.78, 5) is 30.5. The van der Waals surface area contributed by atoms with E-state index in [1.807, 2.05) is 49.9 Å². The summed E-state index contributed by atoms with van der Waals surface area (Å²) in [6.45, 7) is 12.3. The fourth-order valence-corrected chi connectivity index (χ4v) is 5.86. The molecule has 1 aromatic rings. The molecular weight excluding hydrogens is 412 g/mol. The van der Waals surface area contributed by atoms with Crippen molar-refractivity contribution in [2.24, 2.45) is 11.8 Å². The van der Waals surface area contributed by atoms with Gasteiger partial charge in [0.1, 0.15) is 5.60 Å². The number of nitrogens with zero attached hydrogens (tertiary/aromatic N) is 2. The van der Waals surface area contributed by atoms with E-state index < -0.39 is 11.6 Å². The minimum Gasteiger partial charge on any atom is -0.457 e. The number of likely N-dealkylation sites (tertiary alicyclic amines) is 1. The summed E-state index contributed by atoms with van der Waals surface area (Å²) in [6, 6.07) is 8.71. The van der Waals surface area contributed by atoms with Crippen molar-refractivity contribution < 1.29 is 14.3 Å². The summed E-state index contributed by atoms with van der Waals surface area (Å²) in [5.74, 6) is 1.14. The Morgan fingerprint density at radius 1 is 1.00 bits per heavy atom. The highest BCUT2D eigenvalue weighted by Gasteiger charge is 2.39. The minimum atomic E-state index is -0.587. The molecular formula is C28H40N2O3. The van der Waals surface area contributed by atoms with Crippen LogP contribution in [0.5, 0.6) is 0 Å². The number of hydrogen-bond acceptors (Lipinski definition) is 4. The van der Waals surface area contributed by atoms with Crippen LogP contribution in [0.1, 0.15) is 78.7 Å². The van der Waals surface area contributed by atoms with Gasteiger partial charge in [-0.2, -0.15) is 0 Å². The van der Waals surface area contributed by atoms with E-state index in [4.69, 9.17) is 4.74 Å². The van der Waals surface area contributed by atoms with Gasteiger partial charge in [0.2, 0.25) is 0 Å². The molecule has 180 valence electrons. The molecule has 1 saturated heterocycles. The first-order valence-electron chi connectivity index (χ1n) is 12.8. The normalized spacial score (nSPS) is 26.2. The number of carbonyl (C=O) groups excluding carboxylic acids is 2. The molecule has 5 nitrogen and oxygen atoms in total. The molecule has 0 bridgehead atoms. The number of hydrogen-bond donors (Lipinski definition) is 0. The number of piperidine rings is 1. The molecule has 1 amide bonds. The Morgan fingerprint density at radius 3 is 2.24 bits per heavy atom. The van der Waals surface area contributed by atoms with Crippen molar-refractivity contribution in [3.05, 3.63) is 35.9 Å². The number of carbonyl (C=O) groups is 2. The average Bonchev–Trinajstić information content (AvgIpc) is 3.04. The first-order valence-corrected chi connectivity index (χ1v) is 12.8. The summed E-state index contributed by atoms with van der Waals surface area (Å²) in [5.41, 5.74) is 1.63. The number of para-hydroxylation sites is 1. The van der Waals surface area contributed by atoms with Gasteiger partial charge in [-0.1, -0.05) is 32.0 Å². The Kier molecular flexibility index (Phi) is 6.99. The fourth-order valence-electron chi connectivity index (χ4n) is 5.86. The van der Waals surface area contributed by atoms with Gasteiger partial charge in [-0.05, 0) is 77.2 Å². The number of esters is 1. The topological polar surface area (TPSA) is 49.9 Å². The van der Waals surface area contributed by atoms with E-state index in [2.05, 4.69) is 18.7 Å². The van der Waals surface area contributed by atoms with Gasteiger partial charge in [0.25, 0.3) is 5.91 Å². The van der Waals surface area contributed by atoms with Crippen LogP contribution < -0.4 is 4.90 Å². The Hall–Kier alpha value is -2.14. The maximum absolute atomic E-state index is 13.5. The van der Waals surface area contributed by atoms with Gasteiger partial charge in [-0.25, -0.2) is 4.79 Å². The molecule has 0 spiro atoms. The maximum Gasteiger partial charge on any atom is 0.332 e. The highest BCUT2D eigenvalue weighted by molar-refractivity contribution is 6.34. The Morgan fingerprint density at radius 2 is 1.64 bits per heavy atom. The predicted octanol–water partition coefficient (Wildman–Crippen LogP) is 5.44. The lowest BCUT2D eigenvalue weighted by Gasteiger charge is -2.43. The molecule has 0 atom stereocenters. The molecule has 0 radical (unpaired) electrons. The van der Waals surface area contributed by atoms with Crippen LogP contribution in [0, 0.1) is 11.8 Å². The van der Waals surface area contributed by atoms with Gasteiger partial charge in [0.15, 0.2) is 0 Å². The van der Waals surface area contributed by atoms with E-state index in [1.165, 1.54) is 31.8 Å². The third kappa shape index (κ3) is 5.34. The maximum atomic E-state index is 13.5. The van der Waals surface area contributed by atoms with Crippen LogP contribution in [0.3, 0.4) is 0 Å². The van der Waals surface area contributed by atoms with E-state index >= 15 is 0 Å².